The molecular formula is C50H42N8O4. The highest BCUT2D eigenvalue weighted by atomic mass is 16.2. The van der Waals surface area contributed by atoms with Crippen molar-refractivity contribution in [3.8, 4) is 0 Å². The van der Waals surface area contributed by atoms with Crippen molar-refractivity contribution in [2.24, 2.45) is 0 Å². The molecule has 0 fully saturated rings. The van der Waals surface area contributed by atoms with Gasteiger partial charge in [-0.25, -0.2) is 19.2 Å². The van der Waals surface area contributed by atoms with Crippen LogP contribution in [0.1, 0.15) is 22.3 Å². The van der Waals surface area contributed by atoms with Gasteiger partial charge in [-0.1, -0.05) is 115 Å². The molecule has 0 saturated carbocycles. The molecule has 0 spiro atoms. The molecule has 0 unspecified atom stereocenters. The second-order valence-electron chi connectivity index (χ2n) is 13.8. The first-order valence-electron chi connectivity index (χ1n) is 19.6. The van der Waals surface area contributed by atoms with Crippen LogP contribution in [0.4, 0.5) is 64.7 Å². The second-order valence-corrected chi connectivity index (χ2v) is 13.8. The van der Waals surface area contributed by atoms with Gasteiger partial charge in [0.25, 0.3) is 0 Å². The van der Waals surface area contributed by atoms with Crippen molar-refractivity contribution in [2.75, 3.05) is 42.5 Å². The predicted octanol–water partition coefficient (Wildman–Crippen LogP) is 12.6. The SMILES string of the molecule is O=C(Nc1ccccc1)Nc1ccc(/C=C/c2ccc(NC(=O)Nc3cccc(NC(=O)Nc4ccc(/C=C/c5ccc(NC(=O)Nc6ccccc6)cc5)cc4)c3)cc2)cc1. The van der Waals surface area contributed by atoms with E-state index < -0.39 is 12.1 Å². The summed E-state index contributed by atoms with van der Waals surface area (Å²) in [5.74, 6) is 0. The number of carbonyl (C=O) groups excluding carboxylic acids is 4. The van der Waals surface area contributed by atoms with Gasteiger partial charge in [0.2, 0.25) is 0 Å². The lowest BCUT2D eigenvalue weighted by atomic mass is 10.1. The zero-order valence-electron chi connectivity index (χ0n) is 33.3. The number of rotatable bonds is 12. The maximum absolute atomic E-state index is 12.8. The molecule has 0 aliphatic heterocycles. The number of amides is 8. The summed E-state index contributed by atoms with van der Waals surface area (Å²) in [5.41, 5.74) is 8.74. The first kappa shape index (κ1) is 41.3. The van der Waals surface area contributed by atoms with Gasteiger partial charge in [0.05, 0.1) is 0 Å². The number of nitrogens with one attached hydrogen (secondary N) is 8. The third kappa shape index (κ3) is 13.1. The molecule has 12 nitrogen and oxygen atoms in total. The van der Waals surface area contributed by atoms with Crippen molar-refractivity contribution >= 4 is 93.9 Å². The average molecular weight is 819 g/mol. The Morgan fingerprint density at radius 1 is 0.242 bits per heavy atom. The molecule has 0 aliphatic carbocycles. The number of benzene rings is 7. The number of para-hydroxylation sites is 2. The van der Waals surface area contributed by atoms with Gasteiger partial charge in [0.15, 0.2) is 0 Å². The first-order valence-corrected chi connectivity index (χ1v) is 19.6. The van der Waals surface area contributed by atoms with Crippen molar-refractivity contribution in [1.82, 2.24) is 0 Å². The molecule has 0 atom stereocenters. The van der Waals surface area contributed by atoms with Crippen LogP contribution < -0.4 is 42.5 Å². The van der Waals surface area contributed by atoms with Crippen molar-refractivity contribution in [2.45, 2.75) is 0 Å². The Bertz CT molecular complexity index is 2490. The molecule has 0 radical (unpaired) electrons. The quantitative estimate of drug-likeness (QED) is 0.0576. The molecule has 7 aromatic carbocycles. The Balaban J connectivity index is 0.821. The molecule has 7 rings (SSSR count). The number of carbonyl (C=O) groups is 4. The van der Waals surface area contributed by atoms with Gasteiger partial charge in [-0.2, -0.15) is 0 Å². The monoisotopic (exact) mass is 818 g/mol. The van der Waals surface area contributed by atoms with Crippen molar-refractivity contribution in [3.05, 3.63) is 204 Å². The zero-order chi connectivity index (χ0) is 42.9. The van der Waals surface area contributed by atoms with Crippen molar-refractivity contribution in [3.63, 3.8) is 0 Å². The van der Waals surface area contributed by atoms with Crippen LogP contribution in [0.2, 0.25) is 0 Å². The van der Waals surface area contributed by atoms with Crippen molar-refractivity contribution in [1.29, 1.82) is 0 Å². The molecule has 0 heterocycles. The van der Waals surface area contributed by atoms with Gasteiger partial charge in [-0.05, 0) is 113 Å². The number of hydrogen-bond donors (Lipinski definition) is 8. The molecule has 0 aromatic heterocycles. The molecule has 0 aliphatic rings. The third-order valence-corrected chi connectivity index (χ3v) is 9.05. The molecule has 0 saturated heterocycles. The van der Waals surface area contributed by atoms with Crippen LogP contribution in [0.15, 0.2) is 182 Å². The van der Waals surface area contributed by atoms with Crippen LogP contribution in [-0.4, -0.2) is 24.1 Å². The number of urea groups is 4. The van der Waals surface area contributed by atoms with E-state index in [4.69, 9.17) is 0 Å². The summed E-state index contributed by atoms with van der Waals surface area (Å²) in [6.45, 7) is 0. The summed E-state index contributed by atoms with van der Waals surface area (Å²) >= 11 is 0. The van der Waals surface area contributed by atoms with Crippen LogP contribution in [0.5, 0.6) is 0 Å². The Labute approximate surface area is 358 Å². The highest BCUT2D eigenvalue weighted by Gasteiger charge is 2.08. The topological polar surface area (TPSA) is 165 Å². The van der Waals surface area contributed by atoms with Crippen molar-refractivity contribution < 1.29 is 19.2 Å². The van der Waals surface area contributed by atoms with Crippen LogP contribution >= 0.6 is 0 Å². The molecule has 12 heteroatoms. The highest BCUT2D eigenvalue weighted by Crippen LogP contribution is 2.20. The minimum absolute atomic E-state index is 0.319. The minimum Gasteiger partial charge on any atom is -0.308 e. The summed E-state index contributed by atoms with van der Waals surface area (Å²) in [5, 5.41) is 22.5. The highest BCUT2D eigenvalue weighted by molar-refractivity contribution is 6.03. The van der Waals surface area contributed by atoms with E-state index in [0.717, 1.165) is 22.3 Å². The Kier molecular flexibility index (Phi) is 13.8. The Hall–Kier alpha value is -8.90. The van der Waals surface area contributed by atoms with Gasteiger partial charge >= 0.3 is 24.1 Å². The lowest BCUT2D eigenvalue weighted by Crippen LogP contribution is -2.21. The standard InChI is InChI=1S/C50H42N8O4/c59-47(51-39-8-3-1-4-9-39)53-41-26-18-35(19-27-41)14-16-37-22-30-43(31-23-37)55-49(61)57-45-12-7-13-46(34-45)58-50(62)56-44-32-24-38(25-33-44)17-15-36-20-28-42(29-21-36)54-48(60)52-40-10-5-2-6-11-40/h1-34H,(H2,51,53,59)(H2,52,54,60)(H2,55,57,61)(H2,56,58,62)/b16-14+,17-15+. The van der Waals surface area contributed by atoms with Gasteiger partial charge in [-0.15, -0.1) is 0 Å². The summed E-state index contributed by atoms with van der Waals surface area (Å²) in [6.07, 6.45) is 7.82. The molecule has 306 valence electrons. The normalized spacial score (nSPS) is 10.7. The minimum atomic E-state index is -0.437. The van der Waals surface area contributed by atoms with Crippen LogP contribution in [-0.2, 0) is 0 Å². The maximum Gasteiger partial charge on any atom is 0.323 e. The van der Waals surface area contributed by atoms with Crippen LogP contribution in [0.25, 0.3) is 24.3 Å². The van der Waals surface area contributed by atoms with E-state index in [1.54, 1.807) is 48.5 Å². The summed E-state index contributed by atoms with van der Waals surface area (Å²) in [7, 11) is 0. The predicted molar refractivity (Wildman–Crippen MR) is 254 cm³/mol. The van der Waals surface area contributed by atoms with E-state index in [1.165, 1.54) is 0 Å². The summed E-state index contributed by atoms with van der Waals surface area (Å²) < 4.78 is 0. The molecule has 0 bridgehead atoms. The molecule has 7 aromatic rings. The Morgan fingerprint density at radius 3 is 0.710 bits per heavy atom. The smallest absolute Gasteiger partial charge is 0.308 e. The third-order valence-electron chi connectivity index (χ3n) is 9.05. The van der Waals surface area contributed by atoms with Gasteiger partial charge in [0, 0.05) is 45.5 Å². The molecule has 62 heavy (non-hydrogen) atoms. The lowest BCUT2D eigenvalue weighted by molar-refractivity contribution is 0.261. The maximum atomic E-state index is 12.8. The molecular weight excluding hydrogens is 777 g/mol. The number of anilines is 8. The second kappa shape index (κ2) is 20.7. The van der Waals surface area contributed by atoms with E-state index in [2.05, 4.69) is 42.5 Å². The largest absolute Gasteiger partial charge is 0.323 e. The fourth-order valence-electron chi connectivity index (χ4n) is 5.99. The van der Waals surface area contributed by atoms with Gasteiger partial charge in [-0.3, -0.25) is 0 Å². The van der Waals surface area contributed by atoms with Crippen LogP contribution in [0, 0.1) is 0 Å². The molecule has 8 N–H and O–H groups in total. The Morgan fingerprint density at radius 2 is 0.452 bits per heavy atom. The van der Waals surface area contributed by atoms with E-state index in [-0.39, 0.29) is 12.1 Å². The van der Waals surface area contributed by atoms with E-state index in [0.29, 0.717) is 45.5 Å². The summed E-state index contributed by atoms with van der Waals surface area (Å²) in [6, 6.07) is 53.5. The number of hydrogen-bond acceptors (Lipinski definition) is 4. The fraction of sp³-hybridized carbons (Fsp3) is 0. The van der Waals surface area contributed by atoms with Gasteiger partial charge < -0.3 is 42.5 Å². The fourth-order valence-corrected chi connectivity index (χ4v) is 5.99. The molecule has 8 amide bonds. The zero-order valence-corrected chi connectivity index (χ0v) is 33.3. The first-order chi connectivity index (χ1) is 30.3. The van der Waals surface area contributed by atoms with Crippen LogP contribution in [0.3, 0.4) is 0 Å². The van der Waals surface area contributed by atoms with E-state index in [9.17, 15) is 19.2 Å². The summed E-state index contributed by atoms with van der Waals surface area (Å²) in [4.78, 5) is 50.1. The van der Waals surface area contributed by atoms with E-state index >= 15 is 0 Å². The lowest BCUT2D eigenvalue weighted by Gasteiger charge is -2.11. The van der Waals surface area contributed by atoms with Gasteiger partial charge in [0.1, 0.15) is 0 Å². The average Bonchev–Trinajstić information content (AvgIpc) is 3.27. The van der Waals surface area contributed by atoms with E-state index in [1.807, 2.05) is 158 Å².